The number of benzene rings is 5. The number of nitriles is 1. The highest BCUT2D eigenvalue weighted by molar-refractivity contribution is 6.18. The van der Waals surface area contributed by atoms with Gasteiger partial charge >= 0.3 is 0 Å². The van der Waals surface area contributed by atoms with Crippen LogP contribution in [0.3, 0.4) is 0 Å². The molecule has 0 N–H and O–H groups in total. The second kappa shape index (κ2) is 9.93. The standard InChI is InChI=1S/C38H28N3/c1-26-19-21-32-33-22-20-30(25-39)36(29-15-11-14-28(24-29)27-12-5-3-6-13-27)38(33)41(31-16-7-4-8-17-31)37(32)35(26)34-18-9-10-23-40(34)2/h3-24H,1-2H3/q+1. The Kier molecular flexibility index (Phi) is 5.95. The zero-order valence-electron chi connectivity index (χ0n) is 23.0. The van der Waals surface area contributed by atoms with Crippen molar-refractivity contribution < 1.29 is 4.57 Å². The molecule has 3 nitrogen and oxygen atoms in total. The molecular formula is C38H28N3+. The van der Waals surface area contributed by atoms with Crippen molar-refractivity contribution in [2.75, 3.05) is 0 Å². The number of nitrogens with zero attached hydrogens (tertiary/aromatic N) is 3. The van der Waals surface area contributed by atoms with Gasteiger partial charge in [-0.15, -0.1) is 0 Å². The van der Waals surface area contributed by atoms with E-state index in [1.165, 1.54) is 16.5 Å². The molecule has 5 aromatic carbocycles. The SMILES string of the molecule is Cc1ccc2c3ccc(C#N)c(-c4cccc(-c5ccccc5)c4)c3n(-c3ccccc3)c2c1-c1cccc[n+]1C. The molecule has 0 saturated heterocycles. The Bertz CT molecular complexity index is 2110. The second-order valence-corrected chi connectivity index (χ2v) is 10.5. The number of para-hydroxylation sites is 1. The minimum Gasteiger partial charge on any atom is -0.308 e. The molecule has 2 heterocycles. The predicted octanol–water partition coefficient (Wildman–Crippen LogP) is 8.79. The van der Waals surface area contributed by atoms with Gasteiger partial charge in [-0.3, -0.25) is 0 Å². The van der Waals surface area contributed by atoms with E-state index in [1.54, 1.807) is 0 Å². The van der Waals surface area contributed by atoms with E-state index in [-0.39, 0.29) is 0 Å². The molecule has 2 aromatic heterocycles. The van der Waals surface area contributed by atoms with E-state index in [4.69, 9.17) is 0 Å². The lowest BCUT2D eigenvalue weighted by molar-refractivity contribution is -0.660. The van der Waals surface area contributed by atoms with Crippen molar-refractivity contribution in [3.8, 4) is 45.3 Å². The van der Waals surface area contributed by atoms with Gasteiger partial charge in [0.1, 0.15) is 7.05 Å². The van der Waals surface area contributed by atoms with Crippen molar-refractivity contribution in [1.29, 1.82) is 5.26 Å². The molecule has 0 aliphatic rings. The predicted molar refractivity (Wildman–Crippen MR) is 168 cm³/mol. The van der Waals surface area contributed by atoms with E-state index in [2.05, 4.69) is 145 Å². The Morgan fingerprint density at radius 3 is 1.98 bits per heavy atom. The van der Waals surface area contributed by atoms with Crippen LogP contribution in [-0.2, 0) is 7.05 Å². The lowest BCUT2D eigenvalue weighted by Gasteiger charge is -2.15. The van der Waals surface area contributed by atoms with Crippen LogP contribution in [0.25, 0.3) is 61.0 Å². The van der Waals surface area contributed by atoms with Gasteiger partial charge in [-0.2, -0.15) is 5.26 Å². The van der Waals surface area contributed by atoms with E-state index in [9.17, 15) is 5.26 Å². The molecule has 0 saturated carbocycles. The summed E-state index contributed by atoms with van der Waals surface area (Å²) in [5.41, 5.74) is 11.7. The zero-order chi connectivity index (χ0) is 27.9. The van der Waals surface area contributed by atoms with Crippen LogP contribution in [0.2, 0.25) is 0 Å². The van der Waals surface area contributed by atoms with E-state index in [0.29, 0.717) is 5.56 Å². The summed E-state index contributed by atoms with van der Waals surface area (Å²) in [5.74, 6) is 0. The van der Waals surface area contributed by atoms with E-state index >= 15 is 0 Å². The van der Waals surface area contributed by atoms with Crippen molar-refractivity contribution in [3.63, 3.8) is 0 Å². The van der Waals surface area contributed by atoms with Crippen LogP contribution in [0.4, 0.5) is 0 Å². The van der Waals surface area contributed by atoms with Gasteiger partial charge in [0, 0.05) is 34.2 Å². The molecule has 0 spiro atoms. The molecule has 0 fully saturated rings. The molecule has 194 valence electrons. The van der Waals surface area contributed by atoms with Crippen LogP contribution in [-0.4, -0.2) is 4.57 Å². The number of hydrogen-bond acceptors (Lipinski definition) is 1. The van der Waals surface area contributed by atoms with Crippen molar-refractivity contribution in [2.24, 2.45) is 7.05 Å². The molecule has 0 amide bonds. The molecule has 0 unspecified atom stereocenters. The highest BCUT2D eigenvalue weighted by Gasteiger charge is 2.25. The third-order valence-electron chi connectivity index (χ3n) is 8.01. The van der Waals surface area contributed by atoms with Crippen LogP contribution < -0.4 is 4.57 Å². The first kappa shape index (κ1) is 24.6. The number of aromatic nitrogens is 2. The Labute approximate surface area is 239 Å². The summed E-state index contributed by atoms with van der Waals surface area (Å²) in [4.78, 5) is 0. The van der Waals surface area contributed by atoms with Crippen LogP contribution in [0.15, 0.2) is 134 Å². The smallest absolute Gasteiger partial charge is 0.214 e. The monoisotopic (exact) mass is 526 g/mol. The number of fused-ring (bicyclic) bond motifs is 3. The van der Waals surface area contributed by atoms with Crippen LogP contribution in [0.5, 0.6) is 0 Å². The molecule has 41 heavy (non-hydrogen) atoms. The fourth-order valence-corrected chi connectivity index (χ4v) is 6.11. The highest BCUT2D eigenvalue weighted by atomic mass is 15.0. The van der Waals surface area contributed by atoms with Gasteiger partial charge in [0.25, 0.3) is 0 Å². The van der Waals surface area contributed by atoms with E-state index in [1.807, 2.05) is 18.2 Å². The van der Waals surface area contributed by atoms with E-state index in [0.717, 1.165) is 50.1 Å². The first-order valence-electron chi connectivity index (χ1n) is 13.8. The van der Waals surface area contributed by atoms with Crippen molar-refractivity contribution >= 4 is 21.8 Å². The minimum atomic E-state index is 0.659. The lowest BCUT2D eigenvalue weighted by atomic mass is 9.94. The minimum absolute atomic E-state index is 0.659. The van der Waals surface area contributed by atoms with Gasteiger partial charge in [-0.25, -0.2) is 4.57 Å². The van der Waals surface area contributed by atoms with Crippen LogP contribution in [0, 0.1) is 18.3 Å². The van der Waals surface area contributed by atoms with Gasteiger partial charge in [0.05, 0.1) is 28.2 Å². The summed E-state index contributed by atoms with van der Waals surface area (Å²) in [5, 5.41) is 12.7. The summed E-state index contributed by atoms with van der Waals surface area (Å²) < 4.78 is 4.55. The maximum Gasteiger partial charge on any atom is 0.214 e. The Balaban J connectivity index is 1.67. The third-order valence-corrected chi connectivity index (χ3v) is 8.01. The average Bonchev–Trinajstić information content (AvgIpc) is 3.36. The Morgan fingerprint density at radius 2 is 1.24 bits per heavy atom. The molecule has 0 aliphatic heterocycles. The zero-order valence-corrected chi connectivity index (χ0v) is 23.0. The van der Waals surface area contributed by atoms with Crippen LogP contribution >= 0.6 is 0 Å². The molecular weight excluding hydrogens is 498 g/mol. The van der Waals surface area contributed by atoms with Gasteiger partial charge in [0.15, 0.2) is 6.20 Å². The summed E-state index contributed by atoms with van der Waals surface area (Å²) in [6, 6.07) is 46.9. The first-order valence-corrected chi connectivity index (χ1v) is 13.8. The number of pyridine rings is 1. The largest absolute Gasteiger partial charge is 0.308 e. The lowest BCUT2D eigenvalue weighted by Crippen LogP contribution is -2.30. The molecule has 0 aliphatic carbocycles. The Hall–Kier alpha value is -5.46. The highest BCUT2D eigenvalue weighted by Crippen LogP contribution is 2.44. The molecule has 3 heteroatoms. The second-order valence-electron chi connectivity index (χ2n) is 10.5. The summed E-state index contributed by atoms with van der Waals surface area (Å²) in [6.45, 7) is 2.18. The van der Waals surface area contributed by atoms with Crippen LogP contribution in [0.1, 0.15) is 11.1 Å². The molecule has 7 aromatic rings. The van der Waals surface area contributed by atoms with Gasteiger partial charge in [-0.1, -0.05) is 84.9 Å². The normalized spacial score (nSPS) is 11.1. The topological polar surface area (TPSA) is 32.6 Å². The van der Waals surface area contributed by atoms with E-state index < -0.39 is 0 Å². The average molecular weight is 527 g/mol. The summed E-state index contributed by atoms with van der Waals surface area (Å²) in [6.07, 6.45) is 2.09. The van der Waals surface area contributed by atoms with Crippen molar-refractivity contribution in [2.45, 2.75) is 6.92 Å². The summed E-state index contributed by atoms with van der Waals surface area (Å²) >= 11 is 0. The fraction of sp³-hybridized carbons (Fsp3) is 0.0526. The number of rotatable bonds is 4. The first-order chi connectivity index (χ1) is 20.2. The number of aryl methyl sites for hydroxylation is 2. The van der Waals surface area contributed by atoms with Crippen molar-refractivity contribution in [1.82, 2.24) is 4.57 Å². The molecule has 7 rings (SSSR count). The Morgan fingerprint density at radius 1 is 0.610 bits per heavy atom. The molecule has 0 radical (unpaired) electrons. The van der Waals surface area contributed by atoms with Gasteiger partial charge in [-0.05, 0) is 59.5 Å². The maximum absolute atomic E-state index is 10.4. The van der Waals surface area contributed by atoms with Crippen molar-refractivity contribution in [3.05, 3.63) is 145 Å². The summed E-state index contributed by atoms with van der Waals surface area (Å²) in [7, 11) is 2.09. The number of hydrogen-bond donors (Lipinski definition) is 0. The van der Waals surface area contributed by atoms with Gasteiger partial charge in [0.2, 0.25) is 5.69 Å². The molecule has 0 bridgehead atoms. The molecule has 0 atom stereocenters. The maximum atomic E-state index is 10.4. The third kappa shape index (κ3) is 4.01. The van der Waals surface area contributed by atoms with Gasteiger partial charge < -0.3 is 4.57 Å². The fourth-order valence-electron chi connectivity index (χ4n) is 6.11. The quantitative estimate of drug-likeness (QED) is 0.211.